The fraction of sp³-hybridized carbons (Fsp3) is 0.292. The second-order valence-corrected chi connectivity index (χ2v) is 6.79. The number of hydrogen-bond acceptors (Lipinski definition) is 2. The summed E-state index contributed by atoms with van der Waals surface area (Å²) in [6.45, 7) is 6.38. The zero-order chi connectivity index (χ0) is 19.2. The van der Waals surface area contributed by atoms with E-state index in [9.17, 15) is 4.79 Å². The number of nitrogens with zero attached hydrogens (tertiary/aromatic N) is 1. The number of ether oxygens (including phenoxy) is 1. The molecule has 140 valence electrons. The molecule has 1 heterocycles. The maximum atomic E-state index is 11.7. The minimum Gasteiger partial charge on any atom is -0.463 e. The van der Waals surface area contributed by atoms with Crippen LogP contribution in [-0.2, 0) is 9.53 Å². The molecule has 0 bridgehead atoms. The molecule has 0 aliphatic carbocycles. The van der Waals surface area contributed by atoms with Crippen LogP contribution in [0.1, 0.15) is 50.8 Å². The van der Waals surface area contributed by atoms with Gasteiger partial charge in [-0.2, -0.15) is 0 Å². The quantitative estimate of drug-likeness (QED) is 0.382. The van der Waals surface area contributed by atoms with Crippen molar-refractivity contribution >= 4 is 22.4 Å². The molecule has 0 spiro atoms. The standard InChI is InChI=1S/C24H27NO2/c1-4-9-22(19-10-7-6-8-11-19)25-15-14-21-17-20(12-13-23(21)25)18(3)16-24(26)27-5-2/h6-8,10-17,22H,4-5,9H2,1-3H3/b18-16+. The monoisotopic (exact) mass is 361 g/mol. The highest BCUT2D eigenvalue weighted by molar-refractivity contribution is 5.93. The number of benzene rings is 2. The van der Waals surface area contributed by atoms with E-state index in [0.717, 1.165) is 24.0 Å². The third kappa shape index (κ3) is 4.30. The molecule has 1 aromatic heterocycles. The maximum absolute atomic E-state index is 11.7. The van der Waals surface area contributed by atoms with Gasteiger partial charge in [-0.1, -0.05) is 49.7 Å². The van der Waals surface area contributed by atoms with E-state index in [4.69, 9.17) is 4.74 Å². The van der Waals surface area contributed by atoms with Gasteiger partial charge in [-0.25, -0.2) is 4.79 Å². The minimum absolute atomic E-state index is 0.292. The lowest BCUT2D eigenvalue weighted by Gasteiger charge is -2.20. The molecule has 2 aromatic carbocycles. The number of allylic oxidation sites excluding steroid dienone is 1. The van der Waals surface area contributed by atoms with Gasteiger partial charge in [-0.05, 0) is 55.2 Å². The summed E-state index contributed by atoms with van der Waals surface area (Å²) in [5, 5.41) is 1.18. The van der Waals surface area contributed by atoms with Crippen LogP contribution in [0.3, 0.4) is 0 Å². The number of esters is 1. The molecule has 1 unspecified atom stereocenters. The number of aromatic nitrogens is 1. The molecule has 0 radical (unpaired) electrons. The summed E-state index contributed by atoms with van der Waals surface area (Å²) in [7, 11) is 0. The van der Waals surface area contributed by atoms with E-state index in [-0.39, 0.29) is 5.97 Å². The van der Waals surface area contributed by atoms with Crippen LogP contribution >= 0.6 is 0 Å². The molecule has 0 aliphatic rings. The Balaban J connectivity index is 1.96. The second-order valence-electron chi connectivity index (χ2n) is 6.79. The van der Waals surface area contributed by atoms with E-state index in [1.54, 1.807) is 6.08 Å². The highest BCUT2D eigenvalue weighted by atomic mass is 16.5. The Morgan fingerprint density at radius 3 is 2.59 bits per heavy atom. The predicted molar refractivity (Wildman–Crippen MR) is 112 cm³/mol. The molecule has 0 aliphatic heterocycles. The summed E-state index contributed by atoms with van der Waals surface area (Å²) in [6, 6.07) is 19.5. The van der Waals surface area contributed by atoms with Gasteiger partial charge in [0, 0.05) is 23.2 Å². The van der Waals surface area contributed by atoms with Crippen LogP contribution in [0.25, 0.3) is 16.5 Å². The first-order valence-corrected chi connectivity index (χ1v) is 9.65. The summed E-state index contributed by atoms with van der Waals surface area (Å²) >= 11 is 0. The first-order valence-electron chi connectivity index (χ1n) is 9.65. The molecule has 3 aromatic rings. The lowest BCUT2D eigenvalue weighted by molar-refractivity contribution is -0.137. The van der Waals surface area contributed by atoms with Gasteiger partial charge in [0.1, 0.15) is 0 Å². The van der Waals surface area contributed by atoms with Crippen LogP contribution in [0.2, 0.25) is 0 Å². The Bertz CT molecular complexity index is 937. The Kier molecular flexibility index (Phi) is 6.12. The van der Waals surface area contributed by atoms with Crippen LogP contribution in [0.4, 0.5) is 0 Å². The molecule has 0 amide bonds. The van der Waals surface area contributed by atoms with Crippen LogP contribution < -0.4 is 0 Å². The number of hydrogen-bond donors (Lipinski definition) is 0. The first kappa shape index (κ1) is 19.0. The number of carbonyl (C=O) groups excluding carboxylic acids is 1. The van der Waals surface area contributed by atoms with E-state index in [1.807, 2.05) is 13.8 Å². The molecule has 0 N–H and O–H groups in total. The maximum Gasteiger partial charge on any atom is 0.331 e. The lowest BCUT2D eigenvalue weighted by Crippen LogP contribution is -2.09. The van der Waals surface area contributed by atoms with Crippen LogP contribution in [0.15, 0.2) is 66.9 Å². The van der Waals surface area contributed by atoms with Crippen molar-refractivity contribution in [2.45, 2.75) is 39.7 Å². The summed E-state index contributed by atoms with van der Waals surface area (Å²) in [5.74, 6) is -0.292. The average Bonchev–Trinajstić information content (AvgIpc) is 3.10. The van der Waals surface area contributed by atoms with Crippen molar-refractivity contribution in [2.24, 2.45) is 0 Å². The molecule has 0 saturated carbocycles. The van der Waals surface area contributed by atoms with E-state index < -0.39 is 0 Å². The second kappa shape index (κ2) is 8.72. The fourth-order valence-corrected chi connectivity index (χ4v) is 3.54. The van der Waals surface area contributed by atoms with Crippen molar-refractivity contribution in [3.8, 4) is 0 Å². The van der Waals surface area contributed by atoms with Crippen molar-refractivity contribution < 1.29 is 9.53 Å². The number of fused-ring (bicyclic) bond motifs is 1. The largest absolute Gasteiger partial charge is 0.463 e. The number of carbonyl (C=O) groups is 1. The van der Waals surface area contributed by atoms with Gasteiger partial charge < -0.3 is 9.30 Å². The van der Waals surface area contributed by atoms with E-state index in [1.165, 1.54) is 16.5 Å². The van der Waals surface area contributed by atoms with Gasteiger partial charge in [0.2, 0.25) is 0 Å². The van der Waals surface area contributed by atoms with Crippen molar-refractivity contribution in [1.82, 2.24) is 4.57 Å². The third-order valence-electron chi connectivity index (χ3n) is 4.88. The molecule has 3 heteroatoms. The van der Waals surface area contributed by atoms with Gasteiger partial charge in [-0.3, -0.25) is 0 Å². The van der Waals surface area contributed by atoms with Crippen molar-refractivity contribution in [3.63, 3.8) is 0 Å². The number of rotatable bonds is 7. The van der Waals surface area contributed by atoms with E-state index in [2.05, 4.69) is 72.3 Å². The van der Waals surface area contributed by atoms with Crippen LogP contribution in [0, 0.1) is 0 Å². The molecular formula is C24H27NO2. The zero-order valence-corrected chi connectivity index (χ0v) is 16.3. The van der Waals surface area contributed by atoms with Crippen molar-refractivity contribution in [2.75, 3.05) is 6.61 Å². The Hall–Kier alpha value is -2.81. The van der Waals surface area contributed by atoms with Gasteiger partial charge >= 0.3 is 5.97 Å². The highest BCUT2D eigenvalue weighted by Crippen LogP contribution is 2.30. The van der Waals surface area contributed by atoms with Crippen molar-refractivity contribution in [1.29, 1.82) is 0 Å². The molecule has 1 atom stereocenters. The Morgan fingerprint density at radius 1 is 1.11 bits per heavy atom. The summed E-state index contributed by atoms with van der Waals surface area (Å²) in [4.78, 5) is 11.7. The van der Waals surface area contributed by atoms with Crippen LogP contribution in [-0.4, -0.2) is 17.1 Å². The zero-order valence-electron chi connectivity index (χ0n) is 16.3. The third-order valence-corrected chi connectivity index (χ3v) is 4.88. The Labute approximate surface area is 161 Å². The lowest BCUT2D eigenvalue weighted by atomic mass is 10.0. The average molecular weight is 361 g/mol. The fourth-order valence-electron chi connectivity index (χ4n) is 3.54. The highest BCUT2D eigenvalue weighted by Gasteiger charge is 2.15. The van der Waals surface area contributed by atoms with E-state index in [0.29, 0.717) is 12.6 Å². The molecule has 3 nitrogen and oxygen atoms in total. The smallest absolute Gasteiger partial charge is 0.331 e. The molecule has 3 rings (SSSR count). The summed E-state index contributed by atoms with van der Waals surface area (Å²) in [5.41, 5.74) is 4.50. The van der Waals surface area contributed by atoms with Gasteiger partial charge in [0.25, 0.3) is 0 Å². The first-order chi connectivity index (χ1) is 13.1. The molecular weight excluding hydrogens is 334 g/mol. The molecule has 0 fully saturated rings. The summed E-state index contributed by atoms with van der Waals surface area (Å²) in [6.07, 6.45) is 5.95. The SMILES string of the molecule is CCCC(c1ccccc1)n1ccc2cc(/C(C)=C/C(=O)OCC)ccc21. The van der Waals surface area contributed by atoms with Gasteiger partial charge in [0.05, 0.1) is 12.6 Å². The van der Waals surface area contributed by atoms with Gasteiger partial charge in [0.15, 0.2) is 0 Å². The topological polar surface area (TPSA) is 31.2 Å². The molecule has 0 saturated heterocycles. The van der Waals surface area contributed by atoms with Crippen molar-refractivity contribution in [3.05, 3.63) is 78.0 Å². The van der Waals surface area contributed by atoms with Crippen LogP contribution in [0.5, 0.6) is 0 Å². The predicted octanol–water partition coefficient (Wildman–Crippen LogP) is 6.00. The van der Waals surface area contributed by atoms with E-state index >= 15 is 0 Å². The molecule has 27 heavy (non-hydrogen) atoms. The Morgan fingerprint density at radius 2 is 1.89 bits per heavy atom. The minimum atomic E-state index is -0.292. The normalized spacial score (nSPS) is 12.9. The van der Waals surface area contributed by atoms with Gasteiger partial charge in [-0.15, -0.1) is 0 Å². The summed E-state index contributed by atoms with van der Waals surface area (Å²) < 4.78 is 7.38.